The molecule has 0 atom stereocenters. The summed E-state index contributed by atoms with van der Waals surface area (Å²) >= 11 is 0. The van der Waals surface area contributed by atoms with Crippen molar-refractivity contribution < 1.29 is 0 Å². The van der Waals surface area contributed by atoms with Crippen molar-refractivity contribution in [2.75, 3.05) is 0 Å². The van der Waals surface area contributed by atoms with Crippen molar-refractivity contribution in [2.45, 2.75) is 26.9 Å². The molecule has 0 aliphatic rings. The molecule has 0 saturated carbocycles. The van der Waals surface area contributed by atoms with Crippen molar-refractivity contribution >= 4 is 22.5 Å². The Morgan fingerprint density at radius 2 is 1.65 bits per heavy atom. The molecule has 26 heavy (non-hydrogen) atoms. The van der Waals surface area contributed by atoms with Gasteiger partial charge in [0.2, 0.25) is 0 Å². The molecule has 2 aromatic heterocycles. The number of hydrogen-bond donors (Lipinski definition) is 0. The monoisotopic (exact) mass is 344 g/mol. The van der Waals surface area contributed by atoms with Crippen LogP contribution in [0.4, 0.5) is 11.6 Å². The second-order valence-electron chi connectivity index (χ2n) is 5.94. The van der Waals surface area contributed by atoms with E-state index in [-0.39, 0.29) is 0 Å². The molecule has 130 valence electrons. The van der Waals surface area contributed by atoms with Gasteiger partial charge >= 0.3 is 0 Å². The molecule has 0 saturated heterocycles. The highest BCUT2D eigenvalue weighted by Gasteiger charge is 2.17. The van der Waals surface area contributed by atoms with Crippen molar-refractivity contribution in [3.8, 4) is 11.3 Å². The number of aryl methyl sites for hydroxylation is 2. The molecule has 0 aliphatic carbocycles. The first kappa shape index (κ1) is 16.2. The van der Waals surface area contributed by atoms with Gasteiger partial charge in [-0.1, -0.05) is 48.5 Å². The zero-order chi connectivity index (χ0) is 17.9. The minimum atomic E-state index is 0.514. The van der Waals surface area contributed by atoms with Gasteiger partial charge < -0.3 is 4.57 Å². The van der Waals surface area contributed by atoms with E-state index in [0.29, 0.717) is 5.95 Å². The minimum absolute atomic E-state index is 0.514. The molecule has 0 bridgehead atoms. The molecule has 0 N–H and O–H groups in total. The average molecular weight is 344 g/mol. The first-order valence-electron chi connectivity index (χ1n) is 8.79. The van der Waals surface area contributed by atoms with Crippen LogP contribution in [0.2, 0.25) is 0 Å². The Morgan fingerprint density at radius 3 is 2.42 bits per heavy atom. The maximum atomic E-state index is 4.61. The summed E-state index contributed by atoms with van der Waals surface area (Å²) in [5, 5.41) is 18.1. The SMILES string of the molecule is CCn1cnnc1N=Nc1c(-c2ccccc2)n(CC)c2ccccc12. The van der Waals surface area contributed by atoms with Gasteiger partial charge in [-0.15, -0.1) is 20.4 Å². The van der Waals surface area contributed by atoms with Crippen LogP contribution in [0.3, 0.4) is 0 Å². The molecular formula is C20H20N6. The number of azo groups is 1. The zero-order valence-corrected chi connectivity index (χ0v) is 14.9. The van der Waals surface area contributed by atoms with Crippen LogP contribution in [0, 0.1) is 0 Å². The second kappa shape index (κ2) is 6.92. The summed E-state index contributed by atoms with van der Waals surface area (Å²) in [6, 6.07) is 18.6. The van der Waals surface area contributed by atoms with Crippen LogP contribution in [0.5, 0.6) is 0 Å². The topological polar surface area (TPSA) is 60.4 Å². The van der Waals surface area contributed by atoms with Gasteiger partial charge in [-0.25, -0.2) is 0 Å². The Hall–Kier alpha value is -3.28. The van der Waals surface area contributed by atoms with Crippen LogP contribution < -0.4 is 0 Å². The molecular weight excluding hydrogens is 324 g/mol. The molecule has 0 unspecified atom stereocenters. The fraction of sp³-hybridized carbons (Fsp3) is 0.200. The van der Waals surface area contributed by atoms with Crippen LogP contribution in [-0.4, -0.2) is 19.3 Å². The van der Waals surface area contributed by atoms with Crippen molar-refractivity contribution in [3.05, 3.63) is 60.9 Å². The van der Waals surface area contributed by atoms with Gasteiger partial charge in [-0.05, 0) is 19.9 Å². The molecule has 4 rings (SSSR count). The smallest absolute Gasteiger partial charge is 0.269 e. The third-order valence-corrected chi connectivity index (χ3v) is 4.48. The summed E-state index contributed by atoms with van der Waals surface area (Å²) in [6.45, 7) is 5.78. The van der Waals surface area contributed by atoms with Crippen molar-refractivity contribution in [2.24, 2.45) is 10.2 Å². The van der Waals surface area contributed by atoms with Gasteiger partial charge in [0.15, 0.2) is 0 Å². The largest absolute Gasteiger partial charge is 0.339 e. The Labute approximate surface area is 151 Å². The Bertz CT molecular complexity index is 1060. The predicted octanol–water partition coefficient (Wildman–Crippen LogP) is 5.36. The molecule has 6 heteroatoms. The minimum Gasteiger partial charge on any atom is -0.339 e. The van der Waals surface area contributed by atoms with Crippen LogP contribution in [0.1, 0.15) is 13.8 Å². The number of benzene rings is 2. The Balaban J connectivity index is 1.95. The van der Waals surface area contributed by atoms with E-state index < -0.39 is 0 Å². The van der Waals surface area contributed by atoms with E-state index in [1.807, 2.05) is 35.8 Å². The molecule has 2 aromatic carbocycles. The standard InChI is InChI=1S/C20H20N6/c1-3-25-14-21-23-20(25)24-22-18-16-12-8-9-13-17(16)26(4-2)19(18)15-10-6-5-7-11-15/h5-14H,3-4H2,1-2H3. The van der Waals surface area contributed by atoms with Gasteiger partial charge in [0, 0.05) is 24.0 Å². The van der Waals surface area contributed by atoms with Gasteiger partial charge in [0.25, 0.3) is 5.95 Å². The van der Waals surface area contributed by atoms with Crippen LogP contribution in [-0.2, 0) is 13.1 Å². The second-order valence-corrected chi connectivity index (χ2v) is 5.94. The van der Waals surface area contributed by atoms with Crippen LogP contribution >= 0.6 is 0 Å². The number of hydrogen-bond acceptors (Lipinski definition) is 4. The predicted molar refractivity (Wildman–Crippen MR) is 103 cm³/mol. The van der Waals surface area contributed by atoms with Crippen molar-refractivity contribution in [3.63, 3.8) is 0 Å². The number of nitrogens with zero attached hydrogens (tertiary/aromatic N) is 6. The Morgan fingerprint density at radius 1 is 0.885 bits per heavy atom. The molecule has 0 amide bonds. The first-order valence-corrected chi connectivity index (χ1v) is 8.79. The third-order valence-electron chi connectivity index (χ3n) is 4.48. The van der Waals surface area contributed by atoms with E-state index in [4.69, 9.17) is 0 Å². The maximum absolute atomic E-state index is 4.61. The first-order chi connectivity index (χ1) is 12.8. The summed E-state index contributed by atoms with van der Waals surface area (Å²) in [7, 11) is 0. The number of aromatic nitrogens is 4. The number of fused-ring (bicyclic) bond motifs is 1. The molecule has 0 radical (unpaired) electrons. The lowest BCUT2D eigenvalue weighted by Crippen LogP contribution is -1.96. The molecule has 0 fully saturated rings. The number of para-hydroxylation sites is 1. The summed E-state index contributed by atoms with van der Waals surface area (Å²) in [6.07, 6.45) is 1.67. The highest BCUT2D eigenvalue weighted by atomic mass is 15.4. The van der Waals surface area contributed by atoms with Crippen molar-refractivity contribution in [1.29, 1.82) is 0 Å². The quantitative estimate of drug-likeness (QED) is 0.458. The lowest BCUT2D eigenvalue weighted by atomic mass is 10.1. The van der Waals surface area contributed by atoms with Gasteiger partial charge in [0.1, 0.15) is 12.0 Å². The van der Waals surface area contributed by atoms with Crippen molar-refractivity contribution in [1.82, 2.24) is 19.3 Å². The Kier molecular flexibility index (Phi) is 4.31. The van der Waals surface area contributed by atoms with E-state index in [9.17, 15) is 0 Å². The summed E-state index contributed by atoms with van der Waals surface area (Å²) in [5.74, 6) is 0.514. The van der Waals surface area contributed by atoms with Gasteiger partial charge in [0.05, 0.1) is 11.2 Å². The van der Waals surface area contributed by atoms with Gasteiger partial charge in [-0.3, -0.25) is 4.57 Å². The summed E-state index contributed by atoms with van der Waals surface area (Å²) in [5.41, 5.74) is 4.20. The maximum Gasteiger partial charge on any atom is 0.269 e. The molecule has 2 heterocycles. The summed E-state index contributed by atoms with van der Waals surface area (Å²) in [4.78, 5) is 0. The average Bonchev–Trinajstić information content (AvgIpc) is 3.28. The fourth-order valence-electron chi connectivity index (χ4n) is 3.25. The molecule has 6 nitrogen and oxygen atoms in total. The zero-order valence-electron chi connectivity index (χ0n) is 14.9. The molecule has 4 aromatic rings. The lowest BCUT2D eigenvalue weighted by Gasteiger charge is -2.08. The number of rotatable bonds is 5. The van der Waals surface area contributed by atoms with Crippen LogP contribution in [0.25, 0.3) is 22.2 Å². The summed E-state index contributed by atoms with van der Waals surface area (Å²) < 4.78 is 4.15. The van der Waals surface area contributed by atoms with Gasteiger partial charge in [-0.2, -0.15) is 0 Å². The van der Waals surface area contributed by atoms with E-state index in [1.165, 1.54) is 0 Å². The van der Waals surface area contributed by atoms with E-state index >= 15 is 0 Å². The highest BCUT2D eigenvalue weighted by Crippen LogP contribution is 2.40. The van der Waals surface area contributed by atoms with Crippen LogP contribution in [0.15, 0.2) is 71.2 Å². The van der Waals surface area contributed by atoms with E-state index in [0.717, 1.165) is 40.9 Å². The van der Waals surface area contributed by atoms with E-state index in [2.05, 4.69) is 62.2 Å². The molecule has 0 aliphatic heterocycles. The highest BCUT2D eigenvalue weighted by molar-refractivity contribution is 6.00. The normalized spacial score (nSPS) is 11.6. The van der Waals surface area contributed by atoms with E-state index in [1.54, 1.807) is 6.33 Å². The lowest BCUT2D eigenvalue weighted by molar-refractivity contribution is 0.755. The third kappa shape index (κ3) is 2.69. The fourth-order valence-corrected chi connectivity index (χ4v) is 3.25. The molecule has 0 spiro atoms.